The molecule has 1 amide bonds. The summed E-state index contributed by atoms with van der Waals surface area (Å²) in [5.41, 5.74) is 3.33. The molecule has 2 N–H and O–H groups in total. The van der Waals surface area contributed by atoms with E-state index >= 15 is 0 Å². The molecule has 1 aliphatic rings. The third kappa shape index (κ3) is 3.84. The number of para-hydroxylation sites is 2. The Bertz CT molecular complexity index is 990. The first-order chi connectivity index (χ1) is 12.6. The van der Waals surface area contributed by atoms with Crippen molar-refractivity contribution in [1.82, 2.24) is 4.98 Å². The van der Waals surface area contributed by atoms with Gasteiger partial charge in [0.25, 0.3) is 5.91 Å². The highest BCUT2D eigenvalue weighted by Crippen LogP contribution is 2.37. The lowest BCUT2D eigenvalue weighted by molar-refractivity contribution is -0.118. The van der Waals surface area contributed by atoms with Gasteiger partial charge in [0.15, 0.2) is 11.7 Å². The Morgan fingerprint density at radius 1 is 1.26 bits per heavy atom. The van der Waals surface area contributed by atoms with Gasteiger partial charge in [0.1, 0.15) is 11.5 Å². The summed E-state index contributed by atoms with van der Waals surface area (Å²) < 4.78 is 10.8. The third-order valence-electron chi connectivity index (χ3n) is 4.03. The van der Waals surface area contributed by atoms with E-state index < -0.39 is 0 Å². The Kier molecular flexibility index (Phi) is 5.53. The average Bonchev–Trinajstić information content (AvgIpc) is 3.01. The van der Waals surface area contributed by atoms with Crippen LogP contribution in [0.4, 0.5) is 16.5 Å². The van der Waals surface area contributed by atoms with Crippen LogP contribution in [0.1, 0.15) is 4.88 Å². The summed E-state index contributed by atoms with van der Waals surface area (Å²) in [5, 5.41) is 6.92. The molecular weight excluding hydrogens is 386 g/mol. The number of anilines is 3. The highest BCUT2D eigenvalue weighted by atomic mass is 35.5. The molecule has 0 saturated heterocycles. The number of hydrogen-bond acceptors (Lipinski definition) is 6. The Balaban J connectivity index is 0.00000210. The van der Waals surface area contributed by atoms with E-state index in [9.17, 15) is 4.79 Å². The van der Waals surface area contributed by atoms with Crippen LogP contribution in [0.25, 0.3) is 11.3 Å². The number of carbonyl (C=O) groups is 1. The SMILES string of the molecule is COc1ccccc1Nc1nc(-c2ccc3c(c2)NC(=O)CO3)c(C)s1.Cl. The van der Waals surface area contributed by atoms with Crippen LogP contribution >= 0.6 is 23.7 Å². The number of rotatable bonds is 4. The Hall–Kier alpha value is -2.77. The van der Waals surface area contributed by atoms with Gasteiger partial charge in [-0.1, -0.05) is 12.1 Å². The first kappa shape index (κ1) is 19.0. The largest absolute Gasteiger partial charge is 0.495 e. The summed E-state index contributed by atoms with van der Waals surface area (Å²) in [7, 11) is 1.64. The second-order valence-corrected chi connectivity index (χ2v) is 7.00. The molecule has 0 unspecified atom stereocenters. The van der Waals surface area contributed by atoms with Crippen molar-refractivity contribution in [3.63, 3.8) is 0 Å². The second-order valence-electron chi connectivity index (χ2n) is 5.80. The Morgan fingerprint density at radius 2 is 2.07 bits per heavy atom. The first-order valence-electron chi connectivity index (χ1n) is 8.08. The highest BCUT2D eigenvalue weighted by Gasteiger charge is 2.18. The van der Waals surface area contributed by atoms with Crippen LogP contribution in [0.5, 0.6) is 11.5 Å². The third-order valence-corrected chi connectivity index (χ3v) is 4.92. The van der Waals surface area contributed by atoms with Crippen molar-refractivity contribution in [2.75, 3.05) is 24.4 Å². The van der Waals surface area contributed by atoms with Crippen molar-refractivity contribution < 1.29 is 14.3 Å². The molecule has 27 heavy (non-hydrogen) atoms. The number of aryl methyl sites for hydroxylation is 1. The van der Waals surface area contributed by atoms with Gasteiger partial charge in [-0.25, -0.2) is 4.98 Å². The number of carbonyl (C=O) groups excluding carboxylic acids is 1. The lowest BCUT2D eigenvalue weighted by Crippen LogP contribution is -2.25. The van der Waals surface area contributed by atoms with E-state index in [1.807, 2.05) is 49.4 Å². The zero-order valence-corrected chi connectivity index (χ0v) is 16.4. The number of amides is 1. The number of ether oxygens (including phenoxy) is 2. The molecule has 140 valence electrons. The van der Waals surface area contributed by atoms with Crippen LogP contribution in [0.2, 0.25) is 0 Å². The minimum absolute atomic E-state index is 0. The normalized spacial score (nSPS) is 12.3. The van der Waals surface area contributed by atoms with Crippen molar-refractivity contribution in [2.45, 2.75) is 6.92 Å². The molecule has 3 aromatic rings. The van der Waals surface area contributed by atoms with Gasteiger partial charge in [0, 0.05) is 10.4 Å². The molecule has 8 heteroatoms. The molecule has 0 spiro atoms. The summed E-state index contributed by atoms with van der Waals surface area (Å²) in [4.78, 5) is 17.3. The zero-order valence-electron chi connectivity index (χ0n) is 14.7. The van der Waals surface area contributed by atoms with Crippen LogP contribution in [0.15, 0.2) is 42.5 Å². The standard InChI is InChI=1S/C19H17N3O3S.ClH/c1-11-18(12-7-8-16-14(9-12)20-17(23)10-25-16)22-19(26-11)21-13-5-3-4-6-15(13)24-2;/h3-9H,10H2,1-2H3,(H,20,23)(H,21,22);1H. The van der Waals surface area contributed by atoms with Crippen molar-refractivity contribution in [3.8, 4) is 22.8 Å². The minimum Gasteiger partial charge on any atom is -0.495 e. The average molecular weight is 404 g/mol. The Morgan fingerprint density at radius 3 is 2.89 bits per heavy atom. The molecule has 4 rings (SSSR count). The smallest absolute Gasteiger partial charge is 0.262 e. The quantitative estimate of drug-likeness (QED) is 0.664. The summed E-state index contributed by atoms with van der Waals surface area (Å²) >= 11 is 1.56. The van der Waals surface area contributed by atoms with Gasteiger partial charge >= 0.3 is 0 Å². The molecular formula is C19H18ClN3O3S. The van der Waals surface area contributed by atoms with E-state index in [4.69, 9.17) is 14.5 Å². The first-order valence-corrected chi connectivity index (χ1v) is 8.90. The van der Waals surface area contributed by atoms with Gasteiger partial charge in [-0.3, -0.25) is 4.79 Å². The molecule has 2 aromatic carbocycles. The molecule has 0 saturated carbocycles. The predicted molar refractivity (Wildman–Crippen MR) is 110 cm³/mol. The summed E-state index contributed by atoms with van der Waals surface area (Å²) in [5.74, 6) is 1.28. The summed E-state index contributed by atoms with van der Waals surface area (Å²) in [6.07, 6.45) is 0. The van der Waals surface area contributed by atoms with Crippen LogP contribution < -0.4 is 20.1 Å². The highest BCUT2D eigenvalue weighted by molar-refractivity contribution is 7.16. The van der Waals surface area contributed by atoms with E-state index in [0.717, 1.165) is 32.7 Å². The molecule has 0 aliphatic carbocycles. The number of fused-ring (bicyclic) bond motifs is 1. The molecule has 2 heterocycles. The van der Waals surface area contributed by atoms with Crippen molar-refractivity contribution in [3.05, 3.63) is 47.3 Å². The summed E-state index contributed by atoms with van der Waals surface area (Å²) in [6, 6.07) is 13.4. The van der Waals surface area contributed by atoms with Crippen molar-refractivity contribution >= 4 is 46.2 Å². The van der Waals surface area contributed by atoms with Crippen LogP contribution in [-0.2, 0) is 4.79 Å². The zero-order chi connectivity index (χ0) is 18.1. The fourth-order valence-corrected chi connectivity index (χ4v) is 3.66. The van der Waals surface area contributed by atoms with Gasteiger partial charge in [-0.2, -0.15) is 0 Å². The number of hydrogen-bond donors (Lipinski definition) is 2. The van der Waals surface area contributed by atoms with Crippen LogP contribution in [-0.4, -0.2) is 24.6 Å². The molecule has 1 aromatic heterocycles. The molecule has 0 atom stereocenters. The number of benzene rings is 2. The van der Waals surface area contributed by atoms with Crippen molar-refractivity contribution in [2.24, 2.45) is 0 Å². The second kappa shape index (κ2) is 7.85. The number of thiazole rings is 1. The number of aromatic nitrogens is 1. The number of methoxy groups -OCH3 is 1. The maximum absolute atomic E-state index is 11.5. The lowest BCUT2D eigenvalue weighted by Gasteiger charge is -2.18. The maximum atomic E-state index is 11.5. The molecule has 0 fully saturated rings. The maximum Gasteiger partial charge on any atom is 0.262 e. The van der Waals surface area contributed by atoms with E-state index in [1.165, 1.54) is 0 Å². The molecule has 0 bridgehead atoms. The van der Waals surface area contributed by atoms with Gasteiger partial charge < -0.3 is 20.1 Å². The van der Waals surface area contributed by atoms with Crippen molar-refractivity contribution in [1.29, 1.82) is 0 Å². The predicted octanol–water partition coefficient (Wildman–Crippen LogP) is 4.62. The van der Waals surface area contributed by atoms with Gasteiger partial charge in [0.2, 0.25) is 0 Å². The fraction of sp³-hybridized carbons (Fsp3) is 0.158. The van der Waals surface area contributed by atoms with E-state index in [1.54, 1.807) is 18.4 Å². The topological polar surface area (TPSA) is 72.5 Å². The number of nitrogens with zero attached hydrogens (tertiary/aromatic N) is 1. The number of nitrogens with one attached hydrogen (secondary N) is 2. The van der Waals surface area contributed by atoms with Crippen LogP contribution in [0.3, 0.4) is 0 Å². The van der Waals surface area contributed by atoms with E-state index in [2.05, 4.69) is 10.6 Å². The fourth-order valence-electron chi connectivity index (χ4n) is 2.81. The lowest BCUT2D eigenvalue weighted by atomic mass is 10.1. The van der Waals surface area contributed by atoms with E-state index in [0.29, 0.717) is 11.4 Å². The number of halogens is 1. The Labute approximate surface area is 167 Å². The molecule has 1 aliphatic heterocycles. The minimum atomic E-state index is -0.150. The van der Waals surface area contributed by atoms with E-state index in [-0.39, 0.29) is 24.9 Å². The van der Waals surface area contributed by atoms with Gasteiger partial charge in [0.05, 0.1) is 24.2 Å². The van der Waals surface area contributed by atoms with Crippen LogP contribution in [0, 0.1) is 6.92 Å². The van der Waals surface area contributed by atoms with Gasteiger partial charge in [-0.05, 0) is 37.3 Å². The molecule has 6 nitrogen and oxygen atoms in total. The molecule has 0 radical (unpaired) electrons. The summed E-state index contributed by atoms with van der Waals surface area (Å²) in [6.45, 7) is 2.07. The monoisotopic (exact) mass is 403 g/mol. The van der Waals surface area contributed by atoms with Gasteiger partial charge in [-0.15, -0.1) is 23.7 Å².